The molecule has 1 aromatic carbocycles. The Morgan fingerprint density at radius 1 is 1.30 bits per heavy atom. The van der Waals surface area contributed by atoms with Crippen molar-refractivity contribution in [2.75, 3.05) is 29.4 Å². The first-order valence-electron chi connectivity index (χ1n) is 8.46. The lowest BCUT2D eigenvalue weighted by atomic mass is 10.2. The van der Waals surface area contributed by atoms with Crippen molar-refractivity contribution < 1.29 is 17.6 Å². The van der Waals surface area contributed by atoms with E-state index in [2.05, 4.69) is 5.32 Å². The number of furan rings is 1. The van der Waals surface area contributed by atoms with E-state index in [1.807, 2.05) is 12.1 Å². The van der Waals surface area contributed by atoms with Crippen molar-refractivity contribution >= 4 is 45.0 Å². The Bertz CT molecular complexity index is 826. The van der Waals surface area contributed by atoms with Gasteiger partial charge in [-0.2, -0.15) is 11.8 Å². The van der Waals surface area contributed by atoms with Gasteiger partial charge in [-0.05, 0) is 36.8 Å². The minimum atomic E-state index is -3.45. The van der Waals surface area contributed by atoms with Gasteiger partial charge in [-0.3, -0.25) is 9.10 Å². The number of halogens is 1. The van der Waals surface area contributed by atoms with Crippen molar-refractivity contribution in [1.82, 2.24) is 5.32 Å². The SMILES string of the molecule is CS(=O)(=O)N(CCCC(=O)NCCSCc1ccco1)c1cccc(Cl)c1. The number of carbonyl (C=O) groups excluding carboxylic acids is 1. The number of benzene rings is 1. The lowest BCUT2D eigenvalue weighted by Gasteiger charge is -2.22. The first-order valence-corrected chi connectivity index (χ1v) is 11.8. The molecule has 1 N–H and O–H groups in total. The Kier molecular flexibility index (Phi) is 8.53. The molecule has 6 nitrogen and oxygen atoms in total. The minimum absolute atomic E-state index is 0.0897. The van der Waals surface area contributed by atoms with Crippen LogP contribution in [0.2, 0.25) is 5.02 Å². The summed E-state index contributed by atoms with van der Waals surface area (Å²) in [6, 6.07) is 10.4. The quantitative estimate of drug-likeness (QED) is 0.551. The molecule has 1 heterocycles. The smallest absolute Gasteiger partial charge is 0.232 e. The molecule has 1 amide bonds. The van der Waals surface area contributed by atoms with Gasteiger partial charge in [0.25, 0.3) is 0 Å². The van der Waals surface area contributed by atoms with Gasteiger partial charge < -0.3 is 9.73 Å². The molecule has 2 aromatic rings. The summed E-state index contributed by atoms with van der Waals surface area (Å²) in [5, 5.41) is 3.31. The van der Waals surface area contributed by atoms with Crippen LogP contribution in [0, 0.1) is 0 Å². The first-order chi connectivity index (χ1) is 12.9. The molecule has 0 saturated heterocycles. The zero-order valence-electron chi connectivity index (χ0n) is 15.1. The highest BCUT2D eigenvalue weighted by molar-refractivity contribution is 7.98. The van der Waals surface area contributed by atoms with E-state index >= 15 is 0 Å². The molecule has 0 radical (unpaired) electrons. The van der Waals surface area contributed by atoms with Gasteiger partial charge in [-0.25, -0.2) is 8.42 Å². The second-order valence-corrected chi connectivity index (χ2v) is 9.35. The number of nitrogens with zero attached hydrogens (tertiary/aromatic N) is 1. The number of amides is 1. The summed E-state index contributed by atoms with van der Waals surface area (Å²) >= 11 is 7.62. The van der Waals surface area contributed by atoms with Gasteiger partial charge in [0, 0.05) is 30.3 Å². The number of hydrogen-bond acceptors (Lipinski definition) is 5. The van der Waals surface area contributed by atoms with Gasteiger partial charge >= 0.3 is 0 Å². The second kappa shape index (κ2) is 10.6. The lowest BCUT2D eigenvalue weighted by Crippen LogP contribution is -2.32. The van der Waals surface area contributed by atoms with Crippen molar-refractivity contribution in [3.63, 3.8) is 0 Å². The fourth-order valence-corrected chi connectivity index (χ4v) is 4.32. The minimum Gasteiger partial charge on any atom is -0.468 e. The molecule has 0 spiro atoms. The number of sulfonamides is 1. The molecule has 0 aliphatic carbocycles. The molecular weight excluding hydrogens is 408 g/mol. The molecule has 0 fully saturated rings. The van der Waals surface area contributed by atoms with Gasteiger partial charge in [0.15, 0.2) is 0 Å². The topological polar surface area (TPSA) is 79.6 Å². The average Bonchev–Trinajstić information content (AvgIpc) is 3.10. The van der Waals surface area contributed by atoms with Crippen LogP contribution in [0.3, 0.4) is 0 Å². The molecular formula is C18H23ClN2O4S2. The molecule has 0 atom stereocenters. The van der Waals surface area contributed by atoms with Gasteiger partial charge in [0.1, 0.15) is 5.76 Å². The summed E-state index contributed by atoms with van der Waals surface area (Å²) in [6.45, 7) is 0.786. The number of anilines is 1. The van der Waals surface area contributed by atoms with E-state index < -0.39 is 10.0 Å². The molecule has 0 aliphatic rings. The maximum atomic E-state index is 12.0. The second-order valence-electron chi connectivity index (χ2n) is 5.90. The van der Waals surface area contributed by atoms with E-state index in [4.69, 9.17) is 16.0 Å². The van der Waals surface area contributed by atoms with E-state index in [0.717, 1.165) is 23.5 Å². The zero-order valence-corrected chi connectivity index (χ0v) is 17.4. The average molecular weight is 431 g/mol. The number of thioether (sulfide) groups is 1. The van der Waals surface area contributed by atoms with Crippen LogP contribution in [0.1, 0.15) is 18.6 Å². The largest absolute Gasteiger partial charge is 0.468 e. The highest BCUT2D eigenvalue weighted by atomic mass is 35.5. The van der Waals surface area contributed by atoms with E-state index in [-0.39, 0.29) is 18.9 Å². The Morgan fingerprint density at radius 3 is 2.78 bits per heavy atom. The third kappa shape index (κ3) is 7.86. The summed E-state index contributed by atoms with van der Waals surface area (Å²) < 4.78 is 30.6. The Labute approximate surface area is 169 Å². The van der Waals surface area contributed by atoms with Crippen molar-refractivity contribution in [1.29, 1.82) is 0 Å². The summed E-state index contributed by atoms with van der Waals surface area (Å²) in [4.78, 5) is 11.9. The van der Waals surface area contributed by atoms with Gasteiger partial charge in [0.2, 0.25) is 15.9 Å². The maximum absolute atomic E-state index is 12.0. The van der Waals surface area contributed by atoms with E-state index in [1.54, 1.807) is 42.3 Å². The Hall–Kier alpha value is -1.64. The van der Waals surface area contributed by atoms with Crippen molar-refractivity contribution in [3.05, 3.63) is 53.4 Å². The molecule has 0 unspecified atom stereocenters. The van der Waals surface area contributed by atoms with Crippen LogP contribution in [0.5, 0.6) is 0 Å². The molecule has 148 valence electrons. The highest BCUT2D eigenvalue weighted by Gasteiger charge is 2.17. The van der Waals surface area contributed by atoms with Crippen LogP contribution < -0.4 is 9.62 Å². The molecule has 9 heteroatoms. The van der Waals surface area contributed by atoms with E-state index in [1.165, 1.54) is 4.31 Å². The van der Waals surface area contributed by atoms with Crippen LogP contribution >= 0.6 is 23.4 Å². The lowest BCUT2D eigenvalue weighted by molar-refractivity contribution is -0.121. The summed E-state index contributed by atoms with van der Waals surface area (Å²) in [7, 11) is -3.45. The molecule has 2 rings (SSSR count). The van der Waals surface area contributed by atoms with Crippen molar-refractivity contribution in [2.45, 2.75) is 18.6 Å². The fourth-order valence-electron chi connectivity index (χ4n) is 2.42. The number of hydrogen-bond donors (Lipinski definition) is 1. The third-order valence-electron chi connectivity index (χ3n) is 3.65. The molecule has 27 heavy (non-hydrogen) atoms. The van der Waals surface area contributed by atoms with E-state index in [9.17, 15) is 13.2 Å². The molecule has 0 bridgehead atoms. The van der Waals surface area contributed by atoms with Crippen LogP contribution in [0.4, 0.5) is 5.69 Å². The molecule has 1 aromatic heterocycles. The summed E-state index contributed by atoms with van der Waals surface area (Å²) in [6.07, 6.45) is 3.46. The number of rotatable bonds is 11. The fraction of sp³-hybridized carbons (Fsp3) is 0.389. The predicted molar refractivity (Wildman–Crippen MR) is 111 cm³/mol. The van der Waals surface area contributed by atoms with E-state index in [0.29, 0.717) is 23.7 Å². The molecule has 0 aliphatic heterocycles. The highest BCUT2D eigenvalue weighted by Crippen LogP contribution is 2.22. The Balaban J connectivity index is 1.70. The first kappa shape index (κ1) is 21.7. The van der Waals surface area contributed by atoms with Crippen LogP contribution in [0.15, 0.2) is 47.1 Å². The number of nitrogens with one attached hydrogen (secondary N) is 1. The van der Waals surface area contributed by atoms with Crippen LogP contribution in [0.25, 0.3) is 0 Å². The van der Waals surface area contributed by atoms with Crippen molar-refractivity contribution in [2.24, 2.45) is 0 Å². The molecule has 0 saturated carbocycles. The Morgan fingerprint density at radius 2 is 2.11 bits per heavy atom. The summed E-state index contributed by atoms with van der Waals surface area (Å²) in [5.41, 5.74) is 0.500. The monoisotopic (exact) mass is 430 g/mol. The van der Waals surface area contributed by atoms with Gasteiger partial charge in [-0.15, -0.1) is 0 Å². The van der Waals surface area contributed by atoms with Crippen LogP contribution in [-0.4, -0.2) is 39.4 Å². The predicted octanol–water partition coefficient (Wildman–Crippen LogP) is 3.53. The standard InChI is InChI=1S/C18H23ClN2O4S2/c1-27(23,24)21(16-6-2-5-15(19)13-16)10-3-8-18(22)20-9-12-26-14-17-7-4-11-25-17/h2,4-7,11,13H,3,8-10,12,14H2,1H3,(H,20,22). The van der Waals surface area contributed by atoms with Crippen LogP contribution in [-0.2, 0) is 20.6 Å². The van der Waals surface area contributed by atoms with Gasteiger partial charge in [-0.1, -0.05) is 17.7 Å². The summed E-state index contributed by atoms with van der Waals surface area (Å²) in [5.74, 6) is 2.37. The van der Waals surface area contributed by atoms with Gasteiger partial charge in [0.05, 0.1) is 24.0 Å². The third-order valence-corrected chi connectivity index (χ3v) is 6.07. The maximum Gasteiger partial charge on any atom is 0.232 e. The van der Waals surface area contributed by atoms with Crippen molar-refractivity contribution in [3.8, 4) is 0 Å². The normalized spacial score (nSPS) is 11.3. The zero-order chi connectivity index (χ0) is 19.7. The number of carbonyl (C=O) groups is 1.